The van der Waals surface area contributed by atoms with Crippen molar-refractivity contribution in [2.75, 3.05) is 23.9 Å². The smallest absolute Gasteiger partial charge is 0.253 e. The van der Waals surface area contributed by atoms with Crippen LogP contribution in [-0.4, -0.2) is 46.2 Å². The van der Waals surface area contributed by atoms with E-state index in [1.807, 2.05) is 13.3 Å². The number of amides is 2. The summed E-state index contributed by atoms with van der Waals surface area (Å²) in [5, 5.41) is 14.1. The van der Waals surface area contributed by atoms with Crippen LogP contribution in [0.15, 0.2) is 18.2 Å². The zero-order chi connectivity index (χ0) is 21.0. The van der Waals surface area contributed by atoms with Gasteiger partial charge in [0.05, 0.1) is 16.3 Å². The van der Waals surface area contributed by atoms with Crippen molar-refractivity contribution < 1.29 is 9.59 Å². The van der Waals surface area contributed by atoms with E-state index in [-0.39, 0.29) is 16.5 Å². The van der Waals surface area contributed by atoms with Crippen LogP contribution in [0.3, 0.4) is 0 Å². The predicted molar refractivity (Wildman–Crippen MR) is 118 cm³/mol. The maximum absolute atomic E-state index is 13.0. The average Bonchev–Trinajstić information content (AvgIpc) is 3.00. The second-order valence-electron chi connectivity index (χ2n) is 6.75. The second kappa shape index (κ2) is 9.84. The molecular weight excluding hydrogens is 433 g/mol. The van der Waals surface area contributed by atoms with Gasteiger partial charge in [-0.2, -0.15) is 16.9 Å². The number of halogens is 2. The molecule has 0 spiro atoms. The fourth-order valence-electron chi connectivity index (χ4n) is 3.23. The van der Waals surface area contributed by atoms with E-state index in [0.717, 1.165) is 36.5 Å². The summed E-state index contributed by atoms with van der Waals surface area (Å²) < 4.78 is 1.78. The number of hydrogen-bond donors (Lipinski definition) is 3. The number of anilines is 1. The van der Waals surface area contributed by atoms with Gasteiger partial charge in [-0.25, -0.2) is 0 Å². The molecule has 156 valence electrons. The Morgan fingerprint density at radius 3 is 2.90 bits per heavy atom. The molecule has 0 radical (unpaired) electrons. The van der Waals surface area contributed by atoms with Gasteiger partial charge >= 0.3 is 0 Å². The minimum absolute atomic E-state index is 0.241. The van der Waals surface area contributed by atoms with Crippen molar-refractivity contribution in [3.05, 3.63) is 45.1 Å². The summed E-state index contributed by atoms with van der Waals surface area (Å²) in [6.07, 6.45) is 3.23. The number of fused-ring (bicyclic) bond motifs is 1. The summed E-state index contributed by atoms with van der Waals surface area (Å²) in [7, 11) is 1.86. The zero-order valence-electron chi connectivity index (χ0n) is 16.2. The molecule has 1 aliphatic heterocycles. The molecule has 1 aromatic carbocycles. The van der Waals surface area contributed by atoms with Crippen LogP contribution in [0, 0.1) is 0 Å². The van der Waals surface area contributed by atoms with Crippen molar-refractivity contribution in [1.82, 2.24) is 20.4 Å². The van der Waals surface area contributed by atoms with Crippen molar-refractivity contribution in [2.45, 2.75) is 25.4 Å². The van der Waals surface area contributed by atoms with Crippen LogP contribution in [0.4, 0.5) is 5.82 Å². The number of aromatic nitrogens is 2. The van der Waals surface area contributed by atoms with Gasteiger partial charge in [0.2, 0.25) is 5.91 Å². The van der Waals surface area contributed by atoms with Crippen molar-refractivity contribution in [3.63, 3.8) is 0 Å². The molecule has 3 N–H and O–H groups in total. The van der Waals surface area contributed by atoms with Crippen LogP contribution in [0.2, 0.25) is 10.0 Å². The number of nitrogens with one attached hydrogen (secondary N) is 3. The highest BCUT2D eigenvalue weighted by Crippen LogP contribution is 2.23. The quantitative estimate of drug-likeness (QED) is 0.597. The predicted octanol–water partition coefficient (Wildman–Crippen LogP) is 2.86. The summed E-state index contributed by atoms with van der Waals surface area (Å²) in [6.45, 7) is 1.56. The van der Waals surface area contributed by atoms with E-state index in [1.54, 1.807) is 28.6 Å². The van der Waals surface area contributed by atoms with Gasteiger partial charge in [0.1, 0.15) is 6.04 Å². The van der Waals surface area contributed by atoms with Gasteiger partial charge in [-0.15, -0.1) is 0 Å². The molecule has 2 aromatic rings. The molecule has 10 heteroatoms. The van der Waals surface area contributed by atoms with Crippen LogP contribution in [0.5, 0.6) is 0 Å². The third kappa shape index (κ3) is 5.25. The Kier molecular flexibility index (Phi) is 7.45. The lowest BCUT2D eigenvalue weighted by Crippen LogP contribution is -2.44. The van der Waals surface area contributed by atoms with Gasteiger partial charge in [0.15, 0.2) is 5.82 Å². The normalized spacial score (nSPS) is 14.2. The largest absolute Gasteiger partial charge is 0.340 e. The van der Waals surface area contributed by atoms with Gasteiger partial charge in [0, 0.05) is 24.2 Å². The van der Waals surface area contributed by atoms with Crippen LogP contribution in [0.25, 0.3) is 0 Å². The van der Waals surface area contributed by atoms with E-state index < -0.39 is 11.9 Å². The van der Waals surface area contributed by atoms with E-state index in [4.69, 9.17) is 23.2 Å². The molecular formula is C19H23Cl2N5O2S. The molecule has 0 bridgehead atoms. The number of hydrogen-bond acceptors (Lipinski definition) is 5. The molecule has 0 aliphatic carbocycles. The van der Waals surface area contributed by atoms with Crippen LogP contribution >= 0.6 is 35.0 Å². The number of carbonyl (C=O) groups excluding carboxylic acids is 2. The van der Waals surface area contributed by atoms with Crippen molar-refractivity contribution >= 4 is 52.6 Å². The fourth-order valence-corrected chi connectivity index (χ4v) is 4.19. The van der Waals surface area contributed by atoms with Crippen molar-refractivity contribution in [3.8, 4) is 0 Å². The number of carbonyl (C=O) groups is 2. The number of aryl methyl sites for hydroxylation is 1. The van der Waals surface area contributed by atoms with Gasteiger partial charge in [-0.05, 0) is 49.6 Å². The SMILES string of the molecule is CSCCC(NC(=O)c1ccc(Cl)cc1Cl)C(=O)Nc1nn(C)c2c1CCNC2. The minimum atomic E-state index is -0.707. The molecule has 2 heterocycles. The second-order valence-corrected chi connectivity index (χ2v) is 8.57. The van der Waals surface area contributed by atoms with Gasteiger partial charge < -0.3 is 16.0 Å². The lowest BCUT2D eigenvalue weighted by atomic mass is 10.1. The highest BCUT2D eigenvalue weighted by molar-refractivity contribution is 7.98. The van der Waals surface area contributed by atoms with Crippen LogP contribution in [-0.2, 0) is 24.8 Å². The third-order valence-corrected chi connectivity index (χ3v) is 5.96. The number of benzene rings is 1. The molecule has 1 aliphatic rings. The first-order valence-electron chi connectivity index (χ1n) is 9.22. The van der Waals surface area contributed by atoms with E-state index in [2.05, 4.69) is 21.0 Å². The number of rotatable bonds is 7. The summed E-state index contributed by atoms with van der Waals surface area (Å²) >= 11 is 13.6. The highest BCUT2D eigenvalue weighted by Gasteiger charge is 2.26. The first-order valence-corrected chi connectivity index (χ1v) is 11.4. The van der Waals surface area contributed by atoms with Crippen LogP contribution in [0.1, 0.15) is 28.0 Å². The van der Waals surface area contributed by atoms with Gasteiger partial charge in [-0.1, -0.05) is 23.2 Å². The van der Waals surface area contributed by atoms with E-state index in [1.165, 1.54) is 6.07 Å². The summed E-state index contributed by atoms with van der Waals surface area (Å²) in [4.78, 5) is 25.7. The Morgan fingerprint density at radius 2 is 2.17 bits per heavy atom. The molecule has 0 saturated carbocycles. The Hall–Kier alpha value is -1.74. The lowest BCUT2D eigenvalue weighted by Gasteiger charge is -2.19. The summed E-state index contributed by atoms with van der Waals surface area (Å²) in [6, 6.07) is 3.93. The van der Waals surface area contributed by atoms with Gasteiger partial charge in [0.25, 0.3) is 5.91 Å². The molecule has 2 amide bonds. The molecule has 3 rings (SSSR count). The number of thioether (sulfide) groups is 1. The maximum atomic E-state index is 13.0. The lowest BCUT2D eigenvalue weighted by molar-refractivity contribution is -0.118. The molecule has 7 nitrogen and oxygen atoms in total. The zero-order valence-corrected chi connectivity index (χ0v) is 18.5. The third-order valence-electron chi connectivity index (χ3n) is 4.77. The van der Waals surface area contributed by atoms with Gasteiger partial charge in [-0.3, -0.25) is 14.3 Å². The van der Waals surface area contributed by atoms with E-state index >= 15 is 0 Å². The monoisotopic (exact) mass is 455 g/mol. The van der Waals surface area contributed by atoms with E-state index in [0.29, 0.717) is 17.3 Å². The Morgan fingerprint density at radius 1 is 1.38 bits per heavy atom. The summed E-state index contributed by atoms with van der Waals surface area (Å²) in [5.74, 6) is 0.566. The molecule has 1 aromatic heterocycles. The average molecular weight is 456 g/mol. The standard InChI is InChI=1S/C19H23Cl2N5O2S/c1-26-16-10-22-7-5-13(16)17(25-26)24-19(28)15(6-8-29-2)23-18(27)12-4-3-11(20)9-14(12)21/h3-4,9,15,22H,5-8,10H2,1-2H3,(H,23,27)(H,24,25,28). The fraction of sp³-hybridized carbons (Fsp3) is 0.421. The summed E-state index contributed by atoms with van der Waals surface area (Å²) in [5.41, 5.74) is 2.37. The first-order chi connectivity index (χ1) is 13.9. The van der Waals surface area contributed by atoms with Crippen molar-refractivity contribution in [1.29, 1.82) is 0 Å². The molecule has 1 unspecified atom stereocenters. The Bertz CT molecular complexity index is 918. The minimum Gasteiger partial charge on any atom is -0.340 e. The topological polar surface area (TPSA) is 88.1 Å². The maximum Gasteiger partial charge on any atom is 0.253 e. The Labute approximate surface area is 183 Å². The molecule has 0 fully saturated rings. The molecule has 0 saturated heterocycles. The highest BCUT2D eigenvalue weighted by atomic mass is 35.5. The van der Waals surface area contributed by atoms with Crippen molar-refractivity contribution in [2.24, 2.45) is 7.05 Å². The van der Waals surface area contributed by atoms with Crippen LogP contribution < -0.4 is 16.0 Å². The van der Waals surface area contributed by atoms with E-state index in [9.17, 15) is 9.59 Å². The molecule has 29 heavy (non-hydrogen) atoms. The number of nitrogens with zero attached hydrogens (tertiary/aromatic N) is 2. The Balaban J connectivity index is 1.76. The molecule has 1 atom stereocenters. The first kappa shape index (κ1) is 22.0.